The van der Waals surface area contributed by atoms with Crippen molar-refractivity contribution in [3.05, 3.63) is 0 Å². The average molecular weight is 244 g/mol. The summed E-state index contributed by atoms with van der Waals surface area (Å²) >= 11 is 0. The van der Waals surface area contributed by atoms with Gasteiger partial charge in [-0.2, -0.15) is 0 Å². The molecule has 17 heavy (non-hydrogen) atoms. The fraction of sp³-hybridized carbons (Fsp3) is 1.00. The van der Waals surface area contributed by atoms with E-state index in [-0.39, 0.29) is 5.91 Å². The maximum atomic E-state index is 5.19. The van der Waals surface area contributed by atoms with Crippen LogP contribution in [0.1, 0.15) is 64.7 Å². The first kappa shape index (κ1) is 14.9. The molecular weight excluding hydrogens is 214 g/mol. The van der Waals surface area contributed by atoms with Crippen LogP contribution in [-0.4, -0.2) is 31.5 Å². The summed E-state index contributed by atoms with van der Waals surface area (Å²) in [7, 11) is 6.37. The Morgan fingerprint density at radius 2 is 1.24 bits per heavy atom. The number of hydrogen-bond donors (Lipinski definition) is 0. The Balaban J connectivity index is 1.95. The summed E-state index contributed by atoms with van der Waals surface area (Å²) in [5, 5.41) is 0. The van der Waals surface area contributed by atoms with Gasteiger partial charge in [0, 0.05) is 0 Å². The highest BCUT2D eigenvalue weighted by atomic mass is 17.4. The molecular formula is C14H30NO2+. The van der Waals surface area contributed by atoms with E-state index in [4.69, 9.17) is 9.78 Å². The number of quaternary nitrogens is 1. The monoisotopic (exact) mass is 244 g/mol. The molecule has 1 saturated heterocycles. The van der Waals surface area contributed by atoms with E-state index in [0.29, 0.717) is 0 Å². The van der Waals surface area contributed by atoms with Gasteiger partial charge in [0.2, 0.25) is 0 Å². The van der Waals surface area contributed by atoms with Crippen molar-refractivity contribution in [3.63, 3.8) is 0 Å². The SMILES string of the molecule is CCCCCCCCCCC1([N+](C)(C)C)OO1. The van der Waals surface area contributed by atoms with Crippen LogP contribution in [0.4, 0.5) is 0 Å². The summed E-state index contributed by atoms with van der Waals surface area (Å²) < 4.78 is 0.740. The van der Waals surface area contributed by atoms with Gasteiger partial charge < -0.3 is 0 Å². The maximum absolute atomic E-state index is 5.19. The molecule has 0 amide bonds. The summed E-state index contributed by atoms with van der Waals surface area (Å²) in [5.74, 6) is -0.331. The van der Waals surface area contributed by atoms with E-state index in [2.05, 4.69) is 28.1 Å². The van der Waals surface area contributed by atoms with Crippen molar-refractivity contribution in [1.29, 1.82) is 0 Å². The van der Waals surface area contributed by atoms with Crippen LogP contribution < -0.4 is 0 Å². The minimum absolute atomic E-state index is 0.331. The highest BCUT2D eigenvalue weighted by molar-refractivity contribution is 4.62. The van der Waals surface area contributed by atoms with Crippen molar-refractivity contribution >= 4 is 0 Å². The van der Waals surface area contributed by atoms with E-state index in [1.807, 2.05) is 0 Å². The van der Waals surface area contributed by atoms with Crippen LogP contribution in [0, 0.1) is 0 Å². The second-order valence-corrected chi connectivity index (χ2v) is 6.12. The van der Waals surface area contributed by atoms with Crippen molar-refractivity contribution in [2.75, 3.05) is 21.1 Å². The van der Waals surface area contributed by atoms with E-state index < -0.39 is 0 Å². The smallest absolute Gasteiger partial charge is 0.274 e. The molecule has 0 unspecified atom stereocenters. The Hall–Kier alpha value is -0.120. The number of rotatable bonds is 10. The van der Waals surface area contributed by atoms with Crippen molar-refractivity contribution < 1.29 is 14.3 Å². The van der Waals surface area contributed by atoms with E-state index in [9.17, 15) is 0 Å². The zero-order chi connectivity index (χ0) is 12.8. The van der Waals surface area contributed by atoms with Crippen LogP contribution in [0.2, 0.25) is 0 Å². The minimum Gasteiger partial charge on any atom is -0.274 e. The highest BCUT2D eigenvalue weighted by Gasteiger charge is 2.60. The van der Waals surface area contributed by atoms with Gasteiger partial charge in [0.25, 0.3) is 0 Å². The summed E-state index contributed by atoms with van der Waals surface area (Å²) in [5.41, 5.74) is 0. The van der Waals surface area contributed by atoms with Crippen LogP contribution in [0.5, 0.6) is 0 Å². The van der Waals surface area contributed by atoms with Crippen LogP contribution in [0.25, 0.3) is 0 Å². The fourth-order valence-corrected chi connectivity index (χ4v) is 2.17. The molecule has 3 heteroatoms. The van der Waals surface area contributed by atoms with Gasteiger partial charge in [-0.1, -0.05) is 51.9 Å². The van der Waals surface area contributed by atoms with Gasteiger partial charge in [0.15, 0.2) is 0 Å². The quantitative estimate of drug-likeness (QED) is 0.252. The van der Waals surface area contributed by atoms with Crippen LogP contribution in [-0.2, 0) is 9.78 Å². The van der Waals surface area contributed by atoms with Crippen molar-refractivity contribution in [3.8, 4) is 0 Å². The molecule has 0 N–H and O–H groups in total. The first-order valence-corrected chi connectivity index (χ1v) is 7.20. The molecule has 3 nitrogen and oxygen atoms in total. The van der Waals surface area contributed by atoms with Gasteiger partial charge in [0.1, 0.15) is 0 Å². The van der Waals surface area contributed by atoms with Gasteiger partial charge in [-0.15, -0.1) is 9.78 Å². The first-order valence-electron chi connectivity index (χ1n) is 7.20. The predicted molar refractivity (Wildman–Crippen MR) is 70.2 cm³/mol. The largest absolute Gasteiger partial charge is 0.373 e. The first-order chi connectivity index (χ1) is 8.02. The molecule has 0 aliphatic carbocycles. The summed E-state index contributed by atoms with van der Waals surface area (Å²) in [6.45, 7) is 2.26. The molecule has 0 aromatic carbocycles. The van der Waals surface area contributed by atoms with Crippen LogP contribution >= 0.6 is 0 Å². The topological polar surface area (TPSA) is 25.1 Å². The van der Waals surface area contributed by atoms with Gasteiger partial charge >= 0.3 is 5.91 Å². The molecule has 1 heterocycles. The lowest BCUT2D eigenvalue weighted by atomic mass is 10.1. The summed E-state index contributed by atoms with van der Waals surface area (Å²) in [4.78, 5) is 10.4. The molecule has 0 bridgehead atoms. The molecule has 1 aliphatic heterocycles. The summed E-state index contributed by atoms with van der Waals surface area (Å²) in [6, 6.07) is 0. The standard InChI is InChI=1S/C14H30NO2/c1-5-6-7-8-9-10-11-12-13-14(16-17-14)15(2,3)4/h5-13H2,1-4H3/q+1. The average Bonchev–Trinajstić information content (AvgIpc) is 3.02. The number of hydrogen-bond acceptors (Lipinski definition) is 2. The molecule has 1 fully saturated rings. The van der Waals surface area contributed by atoms with Crippen molar-refractivity contribution in [1.82, 2.24) is 0 Å². The lowest BCUT2D eigenvalue weighted by Crippen LogP contribution is -2.48. The van der Waals surface area contributed by atoms with E-state index in [1.165, 1.54) is 51.4 Å². The zero-order valence-corrected chi connectivity index (χ0v) is 12.1. The molecule has 102 valence electrons. The van der Waals surface area contributed by atoms with Crippen molar-refractivity contribution in [2.24, 2.45) is 0 Å². The second-order valence-electron chi connectivity index (χ2n) is 6.12. The van der Waals surface area contributed by atoms with Gasteiger partial charge in [-0.05, 0) is 6.42 Å². The molecule has 0 aromatic rings. The van der Waals surface area contributed by atoms with Crippen LogP contribution in [0.15, 0.2) is 0 Å². The van der Waals surface area contributed by atoms with Gasteiger partial charge in [0.05, 0.1) is 27.6 Å². The predicted octanol–water partition coefficient (Wildman–Crippen LogP) is 3.84. The molecule has 0 aromatic heterocycles. The molecule has 0 saturated carbocycles. The lowest BCUT2D eigenvalue weighted by molar-refractivity contribution is -0.928. The van der Waals surface area contributed by atoms with Crippen molar-refractivity contribution in [2.45, 2.75) is 70.6 Å². The third-order valence-electron chi connectivity index (χ3n) is 3.64. The molecule has 1 aliphatic rings. The fourth-order valence-electron chi connectivity index (χ4n) is 2.17. The Morgan fingerprint density at radius 3 is 1.65 bits per heavy atom. The zero-order valence-electron chi connectivity index (χ0n) is 12.1. The lowest BCUT2D eigenvalue weighted by Gasteiger charge is -2.26. The Labute approximate surface area is 107 Å². The van der Waals surface area contributed by atoms with E-state index in [1.54, 1.807) is 0 Å². The van der Waals surface area contributed by atoms with Gasteiger partial charge in [-0.25, -0.2) is 0 Å². The van der Waals surface area contributed by atoms with E-state index in [0.717, 1.165) is 10.9 Å². The molecule has 1 rings (SSSR count). The third-order valence-corrected chi connectivity index (χ3v) is 3.64. The summed E-state index contributed by atoms with van der Waals surface area (Å²) in [6.07, 6.45) is 11.8. The van der Waals surface area contributed by atoms with E-state index >= 15 is 0 Å². The maximum Gasteiger partial charge on any atom is 0.373 e. The number of nitrogens with zero attached hydrogens (tertiary/aromatic N) is 1. The normalized spacial score (nSPS) is 18.4. The molecule has 0 atom stereocenters. The second kappa shape index (κ2) is 6.72. The van der Waals surface area contributed by atoms with Crippen LogP contribution in [0.3, 0.4) is 0 Å². The third kappa shape index (κ3) is 4.94. The highest BCUT2D eigenvalue weighted by Crippen LogP contribution is 2.40. The Morgan fingerprint density at radius 1 is 0.765 bits per heavy atom. The minimum atomic E-state index is -0.331. The molecule has 0 radical (unpaired) electrons. The number of unbranched alkanes of at least 4 members (excludes halogenated alkanes) is 7. The van der Waals surface area contributed by atoms with Gasteiger partial charge in [-0.3, -0.25) is 4.48 Å². The Kier molecular flexibility index (Phi) is 5.90. The molecule has 0 spiro atoms. The Bertz CT molecular complexity index is 207.